The SMILES string of the molecule is O=C(CC1SC(=NCc2ccccc2)N(Cc2ccccc2)C1=O)Nc1ccc(C(=O)O)cc1. The minimum atomic E-state index is -1.04. The molecule has 3 aromatic rings. The van der Waals surface area contributed by atoms with Gasteiger partial charge >= 0.3 is 5.97 Å². The normalized spacial score (nSPS) is 16.6. The Balaban J connectivity index is 1.46. The number of carbonyl (C=O) groups is 3. The van der Waals surface area contributed by atoms with E-state index in [0.29, 0.717) is 23.9 Å². The average Bonchev–Trinajstić information content (AvgIpc) is 3.13. The number of amidine groups is 1. The Kier molecular flexibility index (Phi) is 7.39. The lowest BCUT2D eigenvalue weighted by molar-refractivity contribution is -0.128. The molecule has 1 fully saturated rings. The number of hydrogen-bond donors (Lipinski definition) is 2. The van der Waals surface area contributed by atoms with Gasteiger partial charge in [-0.25, -0.2) is 4.79 Å². The molecule has 2 amide bonds. The van der Waals surface area contributed by atoms with E-state index in [4.69, 9.17) is 5.11 Å². The third-order valence-electron chi connectivity index (χ3n) is 5.23. The highest BCUT2D eigenvalue weighted by molar-refractivity contribution is 8.15. The number of thioether (sulfide) groups is 1. The predicted octanol–water partition coefficient (Wildman–Crippen LogP) is 4.41. The third kappa shape index (κ3) is 5.90. The van der Waals surface area contributed by atoms with Crippen molar-refractivity contribution in [2.45, 2.75) is 24.8 Å². The van der Waals surface area contributed by atoms with Crippen LogP contribution in [0.3, 0.4) is 0 Å². The van der Waals surface area contributed by atoms with Gasteiger partial charge in [0.05, 0.1) is 18.7 Å². The van der Waals surface area contributed by atoms with Gasteiger partial charge in [0.2, 0.25) is 11.8 Å². The van der Waals surface area contributed by atoms with E-state index in [9.17, 15) is 14.4 Å². The van der Waals surface area contributed by atoms with Gasteiger partial charge in [-0.15, -0.1) is 0 Å². The number of carbonyl (C=O) groups excluding carboxylic acids is 2. The summed E-state index contributed by atoms with van der Waals surface area (Å²) >= 11 is 1.30. The minimum Gasteiger partial charge on any atom is -0.478 e. The first-order chi connectivity index (χ1) is 16.5. The first-order valence-corrected chi connectivity index (χ1v) is 11.6. The summed E-state index contributed by atoms with van der Waals surface area (Å²) in [6.07, 6.45) is -0.0141. The number of carboxylic acid groups (broad SMARTS) is 1. The van der Waals surface area contributed by atoms with Gasteiger partial charge in [-0.3, -0.25) is 19.5 Å². The molecule has 0 aromatic heterocycles. The second-order valence-electron chi connectivity index (χ2n) is 7.74. The molecule has 4 rings (SSSR count). The van der Waals surface area contributed by atoms with Crippen LogP contribution in [0.5, 0.6) is 0 Å². The van der Waals surface area contributed by atoms with Gasteiger partial charge in [-0.05, 0) is 35.4 Å². The molecule has 0 saturated carbocycles. The van der Waals surface area contributed by atoms with E-state index < -0.39 is 11.2 Å². The van der Waals surface area contributed by atoms with E-state index in [1.807, 2.05) is 60.7 Å². The summed E-state index contributed by atoms with van der Waals surface area (Å²) in [6.45, 7) is 0.825. The quantitative estimate of drug-likeness (QED) is 0.505. The van der Waals surface area contributed by atoms with Crippen LogP contribution in [0, 0.1) is 0 Å². The van der Waals surface area contributed by atoms with Gasteiger partial charge in [-0.1, -0.05) is 72.4 Å². The highest BCUT2D eigenvalue weighted by atomic mass is 32.2. The lowest BCUT2D eigenvalue weighted by Crippen LogP contribution is -2.33. The van der Waals surface area contributed by atoms with Crippen molar-refractivity contribution < 1.29 is 19.5 Å². The van der Waals surface area contributed by atoms with Crippen molar-refractivity contribution in [3.63, 3.8) is 0 Å². The number of aromatic carboxylic acids is 1. The van der Waals surface area contributed by atoms with Crippen molar-refractivity contribution in [2.24, 2.45) is 4.99 Å². The van der Waals surface area contributed by atoms with Gasteiger partial charge in [0.25, 0.3) is 0 Å². The van der Waals surface area contributed by atoms with E-state index >= 15 is 0 Å². The molecule has 0 spiro atoms. The molecule has 0 bridgehead atoms. The van der Waals surface area contributed by atoms with Crippen LogP contribution in [-0.2, 0) is 22.7 Å². The molecular formula is C26H23N3O4S. The van der Waals surface area contributed by atoms with Crippen LogP contribution in [0.15, 0.2) is 89.9 Å². The number of hydrogen-bond acceptors (Lipinski definition) is 5. The molecule has 0 aliphatic carbocycles. The van der Waals surface area contributed by atoms with E-state index in [1.54, 1.807) is 4.90 Å². The van der Waals surface area contributed by atoms with Crippen LogP contribution < -0.4 is 5.32 Å². The Labute approximate surface area is 201 Å². The first-order valence-electron chi connectivity index (χ1n) is 10.7. The van der Waals surface area contributed by atoms with Gasteiger partial charge < -0.3 is 10.4 Å². The highest BCUT2D eigenvalue weighted by Crippen LogP contribution is 2.31. The Morgan fingerprint density at radius 2 is 1.53 bits per heavy atom. The lowest BCUT2D eigenvalue weighted by Gasteiger charge is -2.16. The fourth-order valence-corrected chi connectivity index (χ4v) is 4.63. The van der Waals surface area contributed by atoms with Crippen LogP contribution in [0.25, 0.3) is 0 Å². The van der Waals surface area contributed by atoms with Crippen molar-refractivity contribution >= 4 is 40.4 Å². The number of anilines is 1. The van der Waals surface area contributed by atoms with E-state index in [-0.39, 0.29) is 23.8 Å². The lowest BCUT2D eigenvalue weighted by atomic mass is 10.2. The number of nitrogens with zero attached hydrogens (tertiary/aromatic N) is 2. The van der Waals surface area contributed by atoms with Gasteiger partial charge in [-0.2, -0.15) is 0 Å². The maximum Gasteiger partial charge on any atom is 0.335 e. The second-order valence-corrected chi connectivity index (χ2v) is 8.91. The van der Waals surface area contributed by atoms with Crippen molar-refractivity contribution in [1.29, 1.82) is 0 Å². The predicted molar refractivity (Wildman–Crippen MR) is 133 cm³/mol. The number of rotatable bonds is 8. The molecule has 1 heterocycles. The van der Waals surface area contributed by atoms with Crippen molar-refractivity contribution in [2.75, 3.05) is 5.32 Å². The summed E-state index contributed by atoms with van der Waals surface area (Å²) in [4.78, 5) is 43.2. The molecule has 172 valence electrons. The zero-order valence-electron chi connectivity index (χ0n) is 18.3. The summed E-state index contributed by atoms with van der Waals surface area (Å²) in [7, 11) is 0. The molecule has 3 aromatic carbocycles. The largest absolute Gasteiger partial charge is 0.478 e. The topological polar surface area (TPSA) is 99.1 Å². The standard InChI is InChI=1S/C26H23N3O4S/c30-23(28-21-13-11-20(12-14-21)25(32)33)15-22-24(31)29(17-19-9-5-2-6-10-19)26(34-22)27-16-18-7-3-1-4-8-18/h1-14,22H,15-17H2,(H,28,30)(H,32,33). The molecule has 1 atom stereocenters. The second kappa shape index (κ2) is 10.8. The molecule has 8 heteroatoms. The molecule has 1 unspecified atom stereocenters. The molecule has 7 nitrogen and oxygen atoms in total. The smallest absolute Gasteiger partial charge is 0.335 e. The molecule has 1 saturated heterocycles. The average molecular weight is 474 g/mol. The third-order valence-corrected chi connectivity index (χ3v) is 6.44. The summed E-state index contributed by atoms with van der Waals surface area (Å²) in [5, 5.41) is 11.8. The Bertz CT molecular complexity index is 1200. The number of benzene rings is 3. The number of carboxylic acids is 1. The fourth-order valence-electron chi connectivity index (χ4n) is 3.49. The molecule has 1 aliphatic rings. The minimum absolute atomic E-state index is 0.0141. The van der Waals surface area contributed by atoms with Crippen LogP contribution in [0.1, 0.15) is 27.9 Å². The van der Waals surface area contributed by atoms with Crippen LogP contribution in [-0.4, -0.2) is 38.2 Å². The number of amides is 2. The Morgan fingerprint density at radius 1 is 0.912 bits per heavy atom. The van der Waals surface area contributed by atoms with Gasteiger partial charge in [0.1, 0.15) is 5.25 Å². The zero-order chi connectivity index (χ0) is 23.9. The molecule has 34 heavy (non-hydrogen) atoms. The summed E-state index contributed by atoms with van der Waals surface area (Å²) in [6, 6.07) is 25.4. The monoisotopic (exact) mass is 473 g/mol. The van der Waals surface area contributed by atoms with Crippen molar-refractivity contribution in [3.05, 3.63) is 102 Å². The van der Waals surface area contributed by atoms with Gasteiger partial charge in [0.15, 0.2) is 5.17 Å². The first kappa shape index (κ1) is 23.3. The summed E-state index contributed by atoms with van der Waals surface area (Å²) < 4.78 is 0. The number of aliphatic imine (C=N–C) groups is 1. The Morgan fingerprint density at radius 3 is 2.15 bits per heavy atom. The summed E-state index contributed by atoms with van der Waals surface area (Å²) in [5.74, 6) is -1.51. The van der Waals surface area contributed by atoms with E-state index in [2.05, 4.69) is 10.3 Å². The zero-order valence-corrected chi connectivity index (χ0v) is 19.1. The molecule has 0 radical (unpaired) electrons. The molecular weight excluding hydrogens is 450 g/mol. The van der Waals surface area contributed by atoms with Crippen molar-refractivity contribution in [1.82, 2.24) is 4.90 Å². The van der Waals surface area contributed by atoms with E-state index in [1.165, 1.54) is 36.0 Å². The molecule has 2 N–H and O–H groups in total. The number of nitrogens with one attached hydrogen (secondary N) is 1. The van der Waals surface area contributed by atoms with Crippen LogP contribution in [0.2, 0.25) is 0 Å². The van der Waals surface area contributed by atoms with Crippen LogP contribution >= 0.6 is 11.8 Å². The van der Waals surface area contributed by atoms with Crippen LogP contribution in [0.4, 0.5) is 5.69 Å². The molecule has 1 aliphatic heterocycles. The Hall–Kier alpha value is -3.91. The van der Waals surface area contributed by atoms with E-state index in [0.717, 1.165) is 11.1 Å². The highest BCUT2D eigenvalue weighted by Gasteiger charge is 2.39. The maximum absolute atomic E-state index is 13.2. The maximum atomic E-state index is 13.2. The fraction of sp³-hybridized carbons (Fsp3) is 0.154. The summed E-state index contributed by atoms with van der Waals surface area (Å²) in [5.41, 5.74) is 2.63. The van der Waals surface area contributed by atoms with Crippen molar-refractivity contribution in [3.8, 4) is 0 Å². The van der Waals surface area contributed by atoms with Gasteiger partial charge in [0, 0.05) is 12.1 Å².